The molecule has 3 N–H and O–H groups in total. The second-order valence-electron chi connectivity index (χ2n) is 7.56. The van der Waals surface area contributed by atoms with Crippen LogP contribution in [0.25, 0.3) is 0 Å². The molecule has 0 saturated heterocycles. The van der Waals surface area contributed by atoms with Crippen molar-refractivity contribution in [2.75, 3.05) is 18.4 Å². The smallest absolute Gasteiger partial charge is 0.261 e. The summed E-state index contributed by atoms with van der Waals surface area (Å²) in [6.07, 6.45) is 6.10. The second kappa shape index (κ2) is 8.47. The molecular formula is C23H26N4O2. The summed E-state index contributed by atoms with van der Waals surface area (Å²) in [7, 11) is 0. The molecule has 0 spiro atoms. The van der Waals surface area contributed by atoms with Crippen LogP contribution in [0, 0.1) is 0 Å². The van der Waals surface area contributed by atoms with Gasteiger partial charge < -0.3 is 11.1 Å². The quantitative estimate of drug-likeness (QED) is 0.343. The van der Waals surface area contributed by atoms with E-state index in [2.05, 4.69) is 28.5 Å². The van der Waals surface area contributed by atoms with Gasteiger partial charge in [-0.05, 0) is 67.9 Å². The highest BCUT2D eigenvalue weighted by atomic mass is 16.2. The summed E-state index contributed by atoms with van der Waals surface area (Å²) < 4.78 is 0. The van der Waals surface area contributed by atoms with Crippen LogP contribution < -0.4 is 11.1 Å². The lowest BCUT2D eigenvalue weighted by atomic mass is 9.90. The van der Waals surface area contributed by atoms with E-state index in [1.54, 1.807) is 24.3 Å². The average molecular weight is 390 g/mol. The number of nitrogens with one attached hydrogen (secondary N) is 1. The zero-order chi connectivity index (χ0) is 20.2. The number of aliphatic imine (C=N–C) groups is 1. The molecule has 0 bridgehead atoms. The maximum atomic E-state index is 12.3. The zero-order valence-corrected chi connectivity index (χ0v) is 16.5. The first-order chi connectivity index (χ1) is 14.1. The molecule has 6 heteroatoms. The van der Waals surface area contributed by atoms with Crippen molar-refractivity contribution in [3.8, 4) is 0 Å². The first kappa shape index (κ1) is 19.2. The van der Waals surface area contributed by atoms with Gasteiger partial charge in [0.25, 0.3) is 11.8 Å². The van der Waals surface area contributed by atoms with Crippen LogP contribution in [0.5, 0.6) is 0 Å². The Morgan fingerprint density at radius 2 is 1.69 bits per heavy atom. The number of amides is 2. The number of rotatable bonds is 6. The SMILES string of the molecule is NC(=NCCCCN1C(=O)c2ccccc2C1=O)Nc1cccc2c1CCCC2. The van der Waals surface area contributed by atoms with Gasteiger partial charge in [0.1, 0.15) is 0 Å². The van der Waals surface area contributed by atoms with E-state index in [1.807, 2.05) is 0 Å². The lowest BCUT2D eigenvalue weighted by Crippen LogP contribution is -2.30. The molecule has 1 aliphatic carbocycles. The Balaban J connectivity index is 1.26. The highest BCUT2D eigenvalue weighted by Crippen LogP contribution is 2.27. The predicted molar refractivity (Wildman–Crippen MR) is 114 cm³/mol. The van der Waals surface area contributed by atoms with Crippen molar-refractivity contribution in [1.29, 1.82) is 0 Å². The van der Waals surface area contributed by atoms with Gasteiger partial charge in [-0.25, -0.2) is 0 Å². The van der Waals surface area contributed by atoms with Gasteiger partial charge in [-0.2, -0.15) is 0 Å². The number of nitrogens with zero attached hydrogens (tertiary/aromatic N) is 2. The maximum Gasteiger partial charge on any atom is 0.261 e. The molecule has 0 aromatic heterocycles. The minimum atomic E-state index is -0.205. The number of nitrogens with two attached hydrogens (primary N) is 1. The molecule has 0 fully saturated rings. The number of benzene rings is 2. The molecular weight excluding hydrogens is 364 g/mol. The lowest BCUT2D eigenvalue weighted by Gasteiger charge is -2.19. The third-order valence-electron chi connectivity index (χ3n) is 5.61. The van der Waals surface area contributed by atoms with Crippen LogP contribution in [0.15, 0.2) is 47.5 Å². The Kier molecular flexibility index (Phi) is 5.60. The Labute approximate surface area is 170 Å². The molecule has 0 saturated carbocycles. The Morgan fingerprint density at radius 3 is 2.45 bits per heavy atom. The van der Waals surface area contributed by atoms with Gasteiger partial charge in [-0.3, -0.25) is 19.5 Å². The number of aryl methyl sites for hydroxylation is 1. The first-order valence-electron chi connectivity index (χ1n) is 10.3. The summed E-state index contributed by atoms with van der Waals surface area (Å²) in [5.41, 5.74) is 10.9. The van der Waals surface area contributed by atoms with Crippen molar-refractivity contribution in [3.05, 3.63) is 64.7 Å². The number of anilines is 1. The largest absolute Gasteiger partial charge is 0.370 e. The van der Waals surface area contributed by atoms with E-state index in [-0.39, 0.29) is 11.8 Å². The average Bonchev–Trinajstić information content (AvgIpc) is 2.99. The second-order valence-corrected chi connectivity index (χ2v) is 7.56. The number of guanidine groups is 1. The number of imide groups is 1. The molecule has 1 heterocycles. The summed E-state index contributed by atoms with van der Waals surface area (Å²) in [4.78, 5) is 30.4. The van der Waals surface area contributed by atoms with E-state index >= 15 is 0 Å². The number of carbonyl (C=O) groups excluding carboxylic acids is 2. The molecule has 6 nitrogen and oxygen atoms in total. The Hall–Kier alpha value is -3.15. The number of fused-ring (bicyclic) bond motifs is 2. The molecule has 0 radical (unpaired) electrons. The summed E-state index contributed by atoms with van der Waals surface area (Å²) in [5, 5.41) is 3.24. The van der Waals surface area contributed by atoms with Crippen LogP contribution in [0.2, 0.25) is 0 Å². The number of carbonyl (C=O) groups is 2. The van der Waals surface area contributed by atoms with Crippen LogP contribution in [0.1, 0.15) is 57.5 Å². The highest BCUT2D eigenvalue weighted by molar-refractivity contribution is 6.21. The van der Waals surface area contributed by atoms with E-state index in [4.69, 9.17) is 5.73 Å². The van der Waals surface area contributed by atoms with E-state index in [1.165, 1.54) is 28.9 Å². The fourth-order valence-corrected chi connectivity index (χ4v) is 4.10. The minimum absolute atomic E-state index is 0.205. The van der Waals surface area contributed by atoms with Gasteiger partial charge in [-0.1, -0.05) is 24.3 Å². The van der Waals surface area contributed by atoms with Crippen molar-refractivity contribution in [3.63, 3.8) is 0 Å². The molecule has 2 aliphatic rings. The minimum Gasteiger partial charge on any atom is -0.370 e. The monoisotopic (exact) mass is 390 g/mol. The molecule has 150 valence electrons. The van der Waals surface area contributed by atoms with Crippen molar-refractivity contribution >= 4 is 23.5 Å². The van der Waals surface area contributed by atoms with Crippen LogP contribution in [0.4, 0.5) is 5.69 Å². The number of unbranched alkanes of at least 4 members (excludes halogenated alkanes) is 1. The van der Waals surface area contributed by atoms with Crippen LogP contribution in [0.3, 0.4) is 0 Å². The Bertz CT molecular complexity index is 932. The van der Waals surface area contributed by atoms with Gasteiger partial charge in [0.15, 0.2) is 5.96 Å². The van der Waals surface area contributed by atoms with Gasteiger partial charge in [0, 0.05) is 18.8 Å². The molecule has 2 aromatic carbocycles. The Morgan fingerprint density at radius 1 is 0.966 bits per heavy atom. The van der Waals surface area contributed by atoms with Crippen molar-refractivity contribution in [1.82, 2.24) is 4.90 Å². The summed E-state index contributed by atoms with van der Waals surface area (Å²) in [5.74, 6) is -0.00188. The fourth-order valence-electron chi connectivity index (χ4n) is 4.10. The molecule has 2 amide bonds. The van der Waals surface area contributed by atoms with E-state index in [0.717, 1.165) is 24.9 Å². The molecule has 2 aromatic rings. The molecule has 0 atom stereocenters. The molecule has 4 rings (SSSR count). The molecule has 1 aliphatic heterocycles. The van der Waals surface area contributed by atoms with E-state index in [0.29, 0.717) is 36.6 Å². The van der Waals surface area contributed by atoms with Crippen LogP contribution >= 0.6 is 0 Å². The van der Waals surface area contributed by atoms with Gasteiger partial charge >= 0.3 is 0 Å². The molecule has 29 heavy (non-hydrogen) atoms. The van der Waals surface area contributed by atoms with Crippen LogP contribution in [-0.2, 0) is 12.8 Å². The van der Waals surface area contributed by atoms with Gasteiger partial charge in [0.05, 0.1) is 11.1 Å². The van der Waals surface area contributed by atoms with E-state index < -0.39 is 0 Å². The zero-order valence-electron chi connectivity index (χ0n) is 16.5. The fraction of sp³-hybridized carbons (Fsp3) is 0.348. The summed E-state index contributed by atoms with van der Waals surface area (Å²) >= 11 is 0. The maximum absolute atomic E-state index is 12.3. The van der Waals surface area contributed by atoms with E-state index in [9.17, 15) is 9.59 Å². The highest BCUT2D eigenvalue weighted by Gasteiger charge is 2.34. The predicted octanol–water partition coefficient (Wildman–Crippen LogP) is 3.37. The third-order valence-corrected chi connectivity index (χ3v) is 5.61. The first-order valence-corrected chi connectivity index (χ1v) is 10.3. The molecule has 0 unspecified atom stereocenters. The van der Waals surface area contributed by atoms with Crippen molar-refractivity contribution in [2.45, 2.75) is 38.5 Å². The van der Waals surface area contributed by atoms with Gasteiger partial charge in [0.2, 0.25) is 0 Å². The number of hydrogen-bond acceptors (Lipinski definition) is 3. The van der Waals surface area contributed by atoms with Gasteiger partial charge in [-0.15, -0.1) is 0 Å². The van der Waals surface area contributed by atoms with Crippen LogP contribution in [-0.4, -0.2) is 35.8 Å². The number of hydrogen-bond donors (Lipinski definition) is 2. The third kappa shape index (κ3) is 4.01. The topological polar surface area (TPSA) is 87.8 Å². The summed E-state index contributed by atoms with van der Waals surface area (Å²) in [6, 6.07) is 13.3. The summed E-state index contributed by atoms with van der Waals surface area (Å²) in [6.45, 7) is 0.957. The van der Waals surface area contributed by atoms with Crippen molar-refractivity contribution in [2.24, 2.45) is 10.7 Å². The normalized spacial score (nSPS) is 16.0. The van der Waals surface area contributed by atoms with Crippen molar-refractivity contribution < 1.29 is 9.59 Å². The standard InChI is InChI=1S/C23H26N4O2/c24-23(26-20-13-7-9-16-8-1-2-10-17(16)20)25-14-5-6-15-27-21(28)18-11-3-4-12-19(18)22(27)29/h3-4,7,9,11-13H,1-2,5-6,8,10,14-15H2,(H3,24,25,26). The lowest BCUT2D eigenvalue weighted by molar-refractivity contribution is 0.0652.